The third-order valence-electron chi connectivity index (χ3n) is 4.35. The fourth-order valence-corrected chi connectivity index (χ4v) is 5.61. The minimum atomic E-state index is -3.71. The van der Waals surface area contributed by atoms with E-state index in [2.05, 4.69) is 36.7 Å². The SMILES string of the molecule is C=C=C(C[Si](C)(C)C)C(NS(=O)(=O)c1ccc(C)cc1)c1ccc(OC)cc1. The van der Waals surface area contributed by atoms with E-state index in [1.165, 1.54) is 0 Å². The number of aryl methyl sites for hydroxylation is 1. The first-order valence-electron chi connectivity index (χ1n) is 9.17. The Kier molecular flexibility index (Phi) is 7.07. The number of hydrogen-bond donors (Lipinski definition) is 1. The lowest BCUT2D eigenvalue weighted by Gasteiger charge is -2.25. The van der Waals surface area contributed by atoms with Crippen LogP contribution in [0.1, 0.15) is 17.2 Å². The van der Waals surface area contributed by atoms with E-state index in [0.29, 0.717) is 0 Å². The van der Waals surface area contributed by atoms with Crippen molar-refractivity contribution >= 4 is 18.1 Å². The van der Waals surface area contributed by atoms with Crippen molar-refractivity contribution in [3.05, 3.63) is 77.5 Å². The van der Waals surface area contributed by atoms with E-state index in [4.69, 9.17) is 4.74 Å². The van der Waals surface area contributed by atoms with Crippen LogP contribution in [0.2, 0.25) is 25.7 Å². The van der Waals surface area contributed by atoms with Gasteiger partial charge in [-0.3, -0.25) is 0 Å². The molecule has 0 saturated heterocycles. The molecule has 2 rings (SSSR count). The zero-order valence-corrected chi connectivity index (χ0v) is 19.1. The summed E-state index contributed by atoms with van der Waals surface area (Å²) in [6, 6.07) is 14.5. The van der Waals surface area contributed by atoms with Crippen LogP contribution < -0.4 is 9.46 Å². The van der Waals surface area contributed by atoms with Crippen molar-refractivity contribution in [3.8, 4) is 5.75 Å². The molecule has 0 bridgehead atoms. The standard InChI is InChI=1S/C22H29NO3SSi/c1-7-18(16-28(4,5)6)22(19-10-12-20(26-3)13-11-19)23-27(24,25)21-14-8-17(2)9-15-21/h8-15,22-23H,1,16H2,2-6H3. The summed E-state index contributed by atoms with van der Waals surface area (Å²) >= 11 is 0. The molecule has 0 aliphatic carbocycles. The van der Waals surface area contributed by atoms with Crippen LogP contribution in [0.15, 0.2) is 71.3 Å². The molecule has 0 heterocycles. The zero-order chi connectivity index (χ0) is 20.9. The van der Waals surface area contributed by atoms with Crippen molar-refractivity contribution in [2.45, 2.75) is 43.5 Å². The number of ether oxygens (including phenoxy) is 1. The monoisotopic (exact) mass is 415 g/mol. The van der Waals surface area contributed by atoms with Gasteiger partial charge in [0.2, 0.25) is 10.0 Å². The maximum atomic E-state index is 13.1. The maximum Gasteiger partial charge on any atom is 0.241 e. The van der Waals surface area contributed by atoms with Gasteiger partial charge in [0.25, 0.3) is 0 Å². The molecule has 0 spiro atoms. The molecule has 0 radical (unpaired) electrons. The highest BCUT2D eigenvalue weighted by Crippen LogP contribution is 2.31. The summed E-state index contributed by atoms with van der Waals surface area (Å²) in [7, 11) is -3.62. The fourth-order valence-electron chi connectivity index (χ4n) is 2.92. The van der Waals surface area contributed by atoms with Gasteiger partial charge in [-0.05, 0) is 48.4 Å². The molecule has 1 unspecified atom stereocenters. The molecular formula is C22H29NO3SSi. The van der Waals surface area contributed by atoms with Crippen LogP contribution in [0, 0.1) is 6.92 Å². The first-order chi connectivity index (χ1) is 13.1. The van der Waals surface area contributed by atoms with Crippen molar-refractivity contribution in [2.24, 2.45) is 0 Å². The van der Waals surface area contributed by atoms with Crippen LogP contribution in [0.5, 0.6) is 5.75 Å². The van der Waals surface area contributed by atoms with Gasteiger partial charge in [0.15, 0.2) is 0 Å². The van der Waals surface area contributed by atoms with Crippen molar-refractivity contribution in [1.29, 1.82) is 0 Å². The van der Waals surface area contributed by atoms with Crippen molar-refractivity contribution in [2.75, 3.05) is 7.11 Å². The molecule has 0 saturated carbocycles. The molecule has 28 heavy (non-hydrogen) atoms. The van der Waals surface area contributed by atoms with Crippen molar-refractivity contribution in [3.63, 3.8) is 0 Å². The van der Waals surface area contributed by atoms with Gasteiger partial charge in [0, 0.05) is 8.07 Å². The second-order valence-electron chi connectivity index (χ2n) is 8.08. The number of nitrogens with one attached hydrogen (secondary N) is 1. The van der Waals surface area contributed by atoms with Gasteiger partial charge < -0.3 is 4.74 Å². The van der Waals surface area contributed by atoms with Crippen LogP contribution in [-0.2, 0) is 10.0 Å². The smallest absolute Gasteiger partial charge is 0.241 e. The van der Waals surface area contributed by atoms with Gasteiger partial charge in [-0.25, -0.2) is 8.42 Å². The summed E-state index contributed by atoms with van der Waals surface area (Å²) in [5, 5.41) is 0. The first-order valence-corrected chi connectivity index (χ1v) is 14.4. The van der Waals surface area contributed by atoms with Gasteiger partial charge in [-0.1, -0.05) is 56.0 Å². The number of rotatable bonds is 8. The van der Waals surface area contributed by atoms with E-state index in [1.54, 1.807) is 31.4 Å². The topological polar surface area (TPSA) is 55.4 Å². The fraction of sp³-hybridized carbons (Fsp3) is 0.318. The van der Waals surface area contributed by atoms with Crippen LogP contribution >= 0.6 is 0 Å². The number of benzene rings is 2. The zero-order valence-electron chi connectivity index (χ0n) is 17.2. The average molecular weight is 416 g/mol. The molecule has 150 valence electrons. The lowest BCUT2D eigenvalue weighted by atomic mass is 10.0. The molecule has 2 aromatic rings. The Labute approximate surface area is 170 Å². The minimum Gasteiger partial charge on any atom is -0.497 e. The van der Waals surface area contributed by atoms with Gasteiger partial charge in [0.05, 0.1) is 18.0 Å². The van der Waals surface area contributed by atoms with Crippen molar-refractivity contribution in [1.82, 2.24) is 4.72 Å². The Hall–Kier alpha value is -2.11. The van der Waals surface area contributed by atoms with E-state index >= 15 is 0 Å². The van der Waals surface area contributed by atoms with Gasteiger partial charge in [0.1, 0.15) is 5.75 Å². The van der Waals surface area contributed by atoms with E-state index in [1.807, 2.05) is 31.2 Å². The third-order valence-corrected chi connectivity index (χ3v) is 7.23. The molecular weight excluding hydrogens is 386 g/mol. The largest absolute Gasteiger partial charge is 0.497 e. The highest BCUT2D eigenvalue weighted by Gasteiger charge is 2.27. The molecule has 0 fully saturated rings. The maximum absolute atomic E-state index is 13.1. The number of sulfonamides is 1. The quantitative estimate of drug-likeness (QED) is 0.483. The molecule has 4 nitrogen and oxygen atoms in total. The number of methoxy groups -OCH3 is 1. The summed E-state index contributed by atoms with van der Waals surface area (Å²) in [5.74, 6) is 0.721. The molecule has 1 atom stereocenters. The average Bonchev–Trinajstić information content (AvgIpc) is 2.64. The Morgan fingerprint density at radius 2 is 1.68 bits per heavy atom. The normalized spacial score (nSPS) is 12.9. The second kappa shape index (κ2) is 8.93. The predicted octanol–water partition coefficient (Wildman–Crippen LogP) is 5.07. The molecule has 0 aromatic heterocycles. The minimum absolute atomic E-state index is 0.244. The van der Waals surface area contributed by atoms with Gasteiger partial charge >= 0.3 is 0 Å². The van der Waals surface area contributed by atoms with Crippen molar-refractivity contribution < 1.29 is 13.2 Å². The van der Waals surface area contributed by atoms with E-state index in [0.717, 1.165) is 28.5 Å². The van der Waals surface area contributed by atoms with Crippen LogP contribution in [0.3, 0.4) is 0 Å². The van der Waals surface area contributed by atoms with Crippen LogP contribution in [-0.4, -0.2) is 23.6 Å². The third kappa shape index (κ3) is 5.94. The highest BCUT2D eigenvalue weighted by atomic mass is 32.2. The van der Waals surface area contributed by atoms with Gasteiger partial charge in [-0.2, -0.15) is 4.72 Å². The van der Waals surface area contributed by atoms with E-state index < -0.39 is 24.1 Å². The molecule has 0 aliphatic heterocycles. The summed E-state index contributed by atoms with van der Waals surface area (Å²) in [6.07, 6.45) is 0. The van der Waals surface area contributed by atoms with Gasteiger partial charge in [-0.15, -0.1) is 5.73 Å². The number of hydrogen-bond acceptors (Lipinski definition) is 3. The van der Waals surface area contributed by atoms with E-state index in [9.17, 15) is 8.42 Å². The first kappa shape index (κ1) is 22.2. The summed E-state index contributed by atoms with van der Waals surface area (Å²) in [4.78, 5) is 0.244. The lowest BCUT2D eigenvalue weighted by molar-refractivity contribution is 0.414. The summed E-state index contributed by atoms with van der Waals surface area (Å²) in [5.41, 5.74) is 5.72. The Morgan fingerprint density at radius 1 is 1.11 bits per heavy atom. The second-order valence-corrected chi connectivity index (χ2v) is 15.3. The van der Waals surface area contributed by atoms with Crippen LogP contribution in [0.4, 0.5) is 0 Å². The molecule has 0 aliphatic rings. The molecule has 6 heteroatoms. The summed E-state index contributed by atoms with van der Waals surface area (Å²) < 4.78 is 34.2. The Morgan fingerprint density at radius 3 is 2.14 bits per heavy atom. The van der Waals surface area contributed by atoms with E-state index in [-0.39, 0.29) is 4.90 Å². The highest BCUT2D eigenvalue weighted by molar-refractivity contribution is 7.89. The molecule has 2 aromatic carbocycles. The van der Waals surface area contributed by atoms with Crippen LogP contribution in [0.25, 0.3) is 0 Å². The Bertz CT molecular complexity index is 952. The lowest BCUT2D eigenvalue weighted by Crippen LogP contribution is -2.32. The predicted molar refractivity (Wildman–Crippen MR) is 118 cm³/mol. The molecule has 0 amide bonds. The Balaban J connectivity index is 2.47. The molecule has 1 N–H and O–H groups in total. The summed E-state index contributed by atoms with van der Waals surface area (Å²) in [6.45, 7) is 12.5.